The lowest BCUT2D eigenvalue weighted by molar-refractivity contribution is 0.0794. The Morgan fingerprint density at radius 3 is 2.81 bits per heavy atom. The van der Waals surface area contributed by atoms with Gasteiger partial charge < -0.3 is 10.1 Å². The van der Waals surface area contributed by atoms with Crippen LogP contribution in [0.15, 0.2) is 24.3 Å². The molecule has 0 aromatic heterocycles. The van der Waals surface area contributed by atoms with E-state index in [2.05, 4.69) is 55.3 Å². The molecule has 4 unspecified atom stereocenters. The number of benzene rings is 1. The monoisotopic (exact) mass is 288 g/mol. The molecule has 116 valence electrons. The van der Waals surface area contributed by atoms with E-state index in [9.17, 15) is 0 Å². The molecule has 0 spiro atoms. The minimum Gasteiger partial charge on any atom is -0.492 e. The number of hydrogen-bond acceptors (Lipinski definition) is 3. The maximum Gasteiger partial charge on any atom is 0.124 e. The summed E-state index contributed by atoms with van der Waals surface area (Å²) in [5.74, 6) is 1.85. The van der Waals surface area contributed by atoms with Crippen LogP contribution in [0.4, 0.5) is 0 Å². The lowest BCUT2D eigenvalue weighted by Crippen LogP contribution is -2.51. The van der Waals surface area contributed by atoms with Gasteiger partial charge in [-0.1, -0.05) is 32.0 Å². The summed E-state index contributed by atoms with van der Waals surface area (Å²) in [5, 5.41) is 3.77. The number of nitrogens with one attached hydrogen (secondary N) is 1. The fourth-order valence-electron chi connectivity index (χ4n) is 3.97. The maximum atomic E-state index is 6.06. The highest BCUT2D eigenvalue weighted by molar-refractivity contribution is 5.39. The Balaban J connectivity index is 1.86. The Morgan fingerprint density at radius 2 is 2.10 bits per heavy atom. The van der Waals surface area contributed by atoms with Crippen molar-refractivity contribution in [2.24, 2.45) is 5.92 Å². The molecule has 2 heterocycles. The van der Waals surface area contributed by atoms with Crippen LogP contribution in [-0.4, -0.2) is 36.7 Å². The first-order chi connectivity index (χ1) is 10.2. The molecule has 0 amide bonds. The Morgan fingerprint density at radius 1 is 1.29 bits per heavy atom. The summed E-state index contributed by atoms with van der Waals surface area (Å²) >= 11 is 0. The number of nitrogens with zero attached hydrogens (tertiary/aromatic N) is 1. The number of fused-ring (bicyclic) bond motifs is 1. The van der Waals surface area contributed by atoms with Crippen molar-refractivity contribution in [1.29, 1.82) is 0 Å². The number of hydrogen-bond donors (Lipinski definition) is 1. The summed E-state index contributed by atoms with van der Waals surface area (Å²) in [6, 6.07) is 10.0. The first kappa shape index (κ1) is 14.9. The molecule has 1 aromatic carbocycles. The van der Waals surface area contributed by atoms with Gasteiger partial charge in [-0.05, 0) is 38.3 Å². The Bertz CT molecular complexity index is 476. The second kappa shape index (κ2) is 6.37. The number of likely N-dealkylation sites (tertiary alicyclic amines) is 1. The van der Waals surface area contributed by atoms with Gasteiger partial charge >= 0.3 is 0 Å². The summed E-state index contributed by atoms with van der Waals surface area (Å²) in [6.45, 7) is 10.0. The van der Waals surface area contributed by atoms with Crippen molar-refractivity contribution in [2.75, 3.05) is 19.7 Å². The van der Waals surface area contributed by atoms with E-state index in [1.165, 1.54) is 18.5 Å². The molecule has 1 saturated heterocycles. The second-order valence-electron chi connectivity index (χ2n) is 6.73. The SMILES string of the molecule is CCCNC1c2ccccc2OCC1N1CC(C)CC1C. The molecule has 1 aromatic rings. The van der Waals surface area contributed by atoms with Gasteiger partial charge in [0.25, 0.3) is 0 Å². The zero-order chi connectivity index (χ0) is 14.8. The molecule has 4 atom stereocenters. The molecule has 2 aliphatic rings. The topological polar surface area (TPSA) is 24.5 Å². The van der Waals surface area contributed by atoms with E-state index < -0.39 is 0 Å². The average molecular weight is 288 g/mol. The van der Waals surface area contributed by atoms with Crippen LogP contribution in [-0.2, 0) is 0 Å². The summed E-state index contributed by atoms with van der Waals surface area (Å²) in [7, 11) is 0. The van der Waals surface area contributed by atoms with E-state index in [1.807, 2.05) is 0 Å². The minimum atomic E-state index is 0.391. The highest BCUT2D eigenvalue weighted by Gasteiger charge is 2.39. The molecule has 0 bridgehead atoms. The molecule has 21 heavy (non-hydrogen) atoms. The normalized spacial score (nSPS) is 32.7. The number of rotatable bonds is 4. The first-order valence-corrected chi connectivity index (χ1v) is 8.41. The van der Waals surface area contributed by atoms with Crippen LogP contribution >= 0.6 is 0 Å². The quantitative estimate of drug-likeness (QED) is 0.920. The molecule has 0 saturated carbocycles. The predicted molar refractivity (Wildman–Crippen MR) is 86.7 cm³/mol. The number of ether oxygens (including phenoxy) is 1. The molecule has 2 aliphatic heterocycles. The van der Waals surface area contributed by atoms with Crippen molar-refractivity contribution < 1.29 is 4.74 Å². The summed E-state index contributed by atoms with van der Waals surface area (Å²) in [4.78, 5) is 2.66. The second-order valence-corrected chi connectivity index (χ2v) is 6.73. The third-order valence-electron chi connectivity index (χ3n) is 4.92. The van der Waals surface area contributed by atoms with E-state index in [-0.39, 0.29) is 0 Å². The van der Waals surface area contributed by atoms with E-state index in [1.54, 1.807) is 0 Å². The van der Waals surface area contributed by atoms with Crippen molar-refractivity contribution in [3.05, 3.63) is 29.8 Å². The van der Waals surface area contributed by atoms with Crippen LogP contribution < -0.4 is 10.1 Å². The third kappa shape index (κ3) is 2.95. The number of para-hydroxylation sites is 1. The molecule has 3 nitrogen and oxygen atoms in total. The Hall–Kier alpha value is -1.06. The van der Waals surface area contributed by atoms with Crippen LogP contribution in [0.3, 0.4) is 0 Å². The van der Waals surface area contributed by atoms with E-state index in [0.29, 0.717) is 18.1 Å². The van der Waals surface area contributed by atoms with Crippen LogP contribution in [0.25, 0.3) is 0 Å². The van der Waals surface area contributed by atoms with Gasteiger partial charge in [-0.2, -0.15) is 0 Å². The molecular formula is C18H28N2O. The molecule has 3 rings (SSSR count). The summed E-state index contributed by atoms with van der Waals surface area (Å²) in [6.07, 6.45) is 2.47. The molecular weight excluding hydrogens is 260 g/mol. The van der Waals surface area contributed by atoms with Gasteiger partial charge in [-0.25, -0.2) is 0 Å². The molecule has 3 heteroatoms. The standard InChI is InChI=1S/C18H28N2O/c1-4-9-19-18-15-7-5-6-8-17(15)21-12-16(18)20-11-13(2)10-14(20)3/h5-8,13-14,16,18-19H,4,9-12H2,1-3H3. The van der Waals surface area contributed by atoms with Gasteiger partial charge in [0.1, 0.15) is 12.4 Å². The lowest BCUT2D eigenvalue weighted by Gasteiger charge is -2.41. The van der Waals surface area contributed by atoms with Crippen molar-refractivity contribution in [3.63, 3.8) is 0 Å². The lowest BCUT2D eigenvalue weighted by atomic mass is 9.94. The smallest absolute Gasteiger partial charge is 0.124 e. The van der Waals surface area contributed by atoms with Crippen molar-refractivity contribution >= 4 is 0 Å². The van der Waals surface area contributed by atoms with Crippen LogP contribution in [0.5, 0.6) is 5.75 Å². The van der Waals surface area contributed by atoms with Gasteiger partial charge in [0, 0.05) is 18.2 Å². The Labute approximate surface area is 128 Å². The largest absolute Gasteiger partial charge is 0.492 e. The first-order valence-electron chi connectivity index (χ1n) is 8.41. The van der Waals surface area contributed by atoms with Gasteiger partial charge in [0.2, 0.25) is 0 Å². The molecule has 1 N–H and O–H groups in total. The van der Waals surface area contributed by atoms with Crippen molar-refractivity contribution in [3.8, 4) is 5.75 Å². The van der Waals surface area contributed by atoms with Crippen molar-refractivity contribution in [1.82, 2.24) is 10.2 Å². The fourth-order valence-corrected chi connectivity index (χ4v) is 3.97. The van der Waals surface area contributed by atoms with Crippen molar-refractivity contribution in [2.45, 2.75) is 51.7 Å². The van der Waals surface area contributed by atoms with Gasteiger partial charge in [0.05, 0.1) is 12.1 Å². The summed E-state index contributed by atoms with van der Waals surface area (Å²) < 4.78 is 6.06. The van der Waals surface area contributed by atoms with Gasteiger partial charge in [-0.15, -0.1) is 0 Å². The van der Waals surface area contributed by atoms with E-state index in [4.69, 9.17) is 4.74 Å². The van der Waals surface area contributed by atoms with Crippen LogP contribution in [0.1, 0.15) is 45.2 Å². The van der Waals surface area contributed by atoms with Crippen LogP contribution in [0.2, 0.25) is 0 Å². The highest BCUT2D eigenvalue weighted by atomic mass is 16.5. The minimum absolute atomic E-state index is 0.391. The molecule has 0 aliphatic carbocycles. The third-order valence-corrected chi connectivity index (χ3v) is 4.92. The van der Waals surface area contributed by atoms with E-state index in [0.717, 1.165) is 31.2 Å². The maximum absolute atomic E-state index is 6.06. The van der Waals surface area contributed by atoms with E-state index >= 15 is 0 Å². The zero-order valence-corrected chi connectivity index (χ0v) is 13.5. The Kier molecular flexibility index (Phi) is 4.51. The average Bonchev–Trinajstić information content (AvgIpc) is 2.83. The van der Waals surface area contributed by atoms with Gasteiger partial charge in [0.15, 0.2) is 0 Å². The molecule has 1 fully saturated rings. The fraction of sp³-hybridized carbons (Fsp3) is 0.667. The van der Waals surface area contributed by atoms with Crippen LogP contribution in [0, 0.1) is 5.92 Å². The predicted octanol–water partition coefficient (Wildman–Crippen LogP) is 3.22. The highest BCUT2D eigenvalue weighted by Crippen LogP contribution is 2.37. The van der Waals surface area contributed by atoms with Gasteiger partial charge in [-0.3, -0.25) is 4.90 Å². The zero-order valence-electron chi connectivity index (χ0n) is 13.5. The summed E-state index contributed by atoms with van der Waals surface area (Å²) in [5.41, 5.74) is 1.33. The molecule has 0 radical (unpaired) electrons.